The number of ether oxygens (including phenoxy) is 2. The van der Waals surface area contributed by atoms with Gasteiger partial charge in [0.15, 0.2) is 0 Å². The van der Waals surface area contributed by atoms with Crippen LogP contribution < -0.4 is 5.32 Å². The van der Waals surface area contributed by atoms with E-state index in [0.29, 0.717) is 0 Å². The largest absolute Gasteiger partial charge is 0.375 e. The van der Waals surface area contributed by atoms with Gasteiger partial charge in [-0.15, -0.1) is 0 Å². The second-order valence-corrected chi connectivity index (χ2v) is 2.70. The molecule has 2 fully saturated rings. The quantitative estimate of drug-likeness (QED) is 0.555. The Bertz CT molecular complexity index is 105. The zero-order valence-corrected chi connectivity index (χ0v) is 7.35. The van der Waals surface area contributed by atoms with E-state index >= 15 is 0 Å². The smallest absolute Gasteiger partial charge is 0.127 e. The molecule has 0 amide bonds. The Labute approximate surface area is 68.1 Å². The van der Waals surface area contributed by atoms with Gasteiger partial charge >= 0.3 is 0 Å². The molecule has 0 aromatic rings. The van der Waals surface area contributed by atoms with Crippen LogP contribution in [0, 0.1) is 0 Å². The van der Waals surface area contributed by atoms with Gasteiger partial charge < -0.3 is 14.8 Å². The van der Waals surface area contributed by atoms with E-state index in [1.165, 1.54) is 0 Å². The molecule has 2 aliphatic rings. The van der Waals surface area contributed by atoms with E-state index in [1.807, 2.05) is 13.8 Å². The molecular weight excluding hydrogens is 142 g/mol. The third kappa shape index (κ3) is 1.92. The number of morpholine rings is 1. The Morgan fingerprint density at radius 1 is 1.27 bits per heavy atom. The molecule has 0 atom stereocenters. The van der Waals surface area contributed by atoms with Crippen LogP contribution in [0.1, 0.15) is 13.8 Å². The maximum absolute atomic E-state index is 5.51. The number of nitrogens with one attached hydrogen (secondary N) is 1. The zero-order chi connectivity index (χ0) is 8.16. The zero-order valence-electron chi connectivity index (χ0n) is 7.35. The van der Waals surface area contributed by atoms with Crippen molar-refractivity contribution in [1.29, 1.82) is 0 Å². The summed E-state index contributed by atoms with van der Waals surface area (Å²) < 4.78 is 10.6. The highest BCUT2D eigenvalue weighted by atomic mass is 16.6. The van der Waals surface area contributed by atoms with Crippen LogP contribution in [0.5, 0.6) is 0 Å². The van der Waals surface area contributed by atoms with E-state index in [1.54, 1.807) is 0 Å². The number of rotatable bonds is 0. The highest BCUT2D eigenvalue weighted by Gasteiger charge is 2.40. The van der Waals surface area contributed by atoms with E-state index in [4.69, 9.17) is 9.47 Å². The Kier molecular flexibility index (Phi) is 3.30. The van der Waals surface area contributed by atoms with Crippen LogP contribution in [0.2, 0.25) is 0 Å². The average molecular weight is 159 g/mol. The second kappa shape index (κ2) is 4.04. The molecule has 66 valence electrons. The summed E-state index contributed by atoms with van der Waals surface area (Å²) in [6.07, 6.45) is 0. The van der Waals surface area contributed by atoms with Crippen molar-refractivity contribution < 1.29 is 9.47 Å². The molecular formula is C8H17NO2. The second-order valence-electron chi connectivity index (χ2n) is 2.70. The van der Waals surface area contributed by atoms with Crippen LogP contribution in [0.25, 0.3) is 0 Å². The fourth-order valence-electron chi connectivity index (χ4n) is 1.22. The first-order chi connectivity index (χ1) is 5.41. The van der Waals surface area contributed by atoms with Crippen LogP contribution >= 0.6 is 0 Å². The van der Waals surface area contributed by atoms with Gasteiger partial charge in [-0.2, -0.15) is 0 Å². The van der Waals surface area contributed by atoms with E-state index in [9.17, 15) is 0 Å². The minimum absolute atomic E-state index is 0.0677. The molecule has 2 aliphatic heterocycles. The lowest BCUT2D eigenvalue weighted by atomic mass is 10.0. The van der Waals surface area contributed by atoms with Crippen molar-refractivity contribution in [2.24, 2.45) is 0 Å². The minimum Gasteiger partial charge on any atom is -0.375 e. The van der Waals surface area contributed by atoms with Crippen LogP contribution in [-0.2, 0) is 9.47 Å². The Balaban J connectivity index is 0.000000281. The molecule has 11 heavy (non-hydrogen) atoms. The summed E-state index contributed by atoms with van der Waals surface area (Å²) in [5.74, 6) is 0. The SMILES string of the molecule is C1COC2(CN1)COC2.CC. The fourth-order valence-corrected chi connectivity index (χ4v) is 1.22. The molecule has 0 saturated carbocycles. The molecule has 0 bridgehead atoms. The molecule has 0 aromatic heterocycles. The molecule has 3 heteroatoms. The van der Waals surface area contributed by atoms with Crippen molar-refractivity contribution >= 4 is 0 Å². The van der Waals surface area contributed by atoms with E-state index in [2.05, 4.69) is 5.32 Å². The third-order valence-electron chi connectivity index (χ3n) is 1.86. The number of hydrogen-bond acceptors (Lipinski definition) is 3. The standard InChI is InChI=1S/C6H11NO2.C2H6/c1-2-9-6(3-7-1)4-8-5-6;1-2/h7H,1-5H2;1-2H3. The molecule has 0 aliphatic carbocycles. The van der Waals surface area contributed by atoms with Crippen LogP contribution in [0.15, 0.2) is 0 Å². The molecule has 2 heterocycles. The molecule has 0 unspecified atom stereocenters. The van der Waals surface area contributed by atoms with E-state index in [0.717, 1.165) is 32.9 Å². The first-order valence-corrected chi connectivity index (χ1v) is 4.34. The van der Waals surface area contributed by atoms with Crippen molar-refractivity contribution in [3.8, 4) is 0 Å². The van der Waals surface area contributed by atoms with Gasteiger partial charge in [0.05, 0.1) is 19.8 Å². The topological polar surface area (TPSA) is 30.5 Å². The third-order valence-corrected chi connectivity index (χ3v) is 1.86. The maximum Gasteiger partial charge on any atom is 0.127 e. The molecule has 2 rings (SSSR count). The summed E-state index contributed by atoms with van der Waals surface area (Å²) in [5.41, 5.74) is 0.0677. The lowest BCUT2D eigenvalue weighted by Crippen LogP contribution is -2.61. The predicted octanol–water partition coefficient (Wildman–Crippen LogP) is 0.401. The first-order valence-electron chi connectivity index (χ1n) is 4.34. The van der Waals surface area contributed by atoms with Crippen molar-refractivity contribution in [3.05, 3.63) is 0 Å². The van der Waals surface area contributed by atoms with Crippen LogP contribution in [0.4, 0.5) is 0 Å². The lowest BCUT2D eigenvalue weighted by molar-refractivity contribution is -0.217. The van der Waals surface area contributed by atoms with E-state index < -0.39 is 0 Å². The molecule has 1 spiro atoms. The number of hydrogen-bond donors (Lipinski definition) is 1. The highest BCUT2D eigenvalue weighted by Crippen LogP contribution is 2.22. The maximum atomic E-state index is 5.51. The summed E-state index contributed by atoms with van der Waals surface area (Å²) in [7, 11) is 0. The van der Waals surface area contributed by atoms with Gasteiger partial charge in [0.1, 0.15) is 5.60 Å². The molecule has 0 aromatic carbocycles. The van der Waals surface area contributed by atoms with Gasteiger partial charge in [-0.05, 0) is 0 Å². The Hall–Kier alpha value is -0.120. The minimum atomic E-state index is 0.0677. The van der Waals surface area contributed by atoms with Gasteiger partial charge in [-0.3, -0.25) is 0 Å². The van der Waals surface area contributed by atoms with Crippen molar-refractivity contribution in [3.63, 3.8) is 0 Å². The Morgan fingerprint density at radius 3 is 2.27 bits per heavy atom. The van der Waals surface area contributed by atoms with Crippen LogP contribution in [-0.4, -0.2) is 38.5 Å². The monoisotopic (exact) mass is 159 g/mol. The molecule has 0 radical (unpaired) electrons. The molecule has 3 nitrogen and oxygen atoms in total. The fraction of sp³-hybridized carbons (Fsp3) is 1.00. The van der Waals surface area contributed by atoms with Gasteiger partial charge in [0.2, 0.25) is 0 Å². The summed E-state index contributed by atoms with van der Waals surface area (Å²) in [6, 6.07) is 0. The van der Waals surface area contributed by atoms with Crippen LogP contribution in [0.3, 0.4) is 0 Å². The predicted molar refractivity (Wildman–Crippen MR) is 43.7 cm³/mol. The highest BCUT2D eigenvalue weighted by molar-refractivity contribution is 4.91. The van der Waals surface area contributed by atoms with Crippen molar-refractivity contribution in [1.82, 2.24) is 5.32 Å². The van der Waals surface area contributed by atoms with Gasteiger partial charge in [-0.1, -0.05) is 13.8 Å². The summed E-state index contributed by atoms with van der Waals surface area (Å²) >= 11 is 0. The lowest BCUT2D eigenvalue weighted by Gasteiger charge is -2.43. The van der Waals surface area contributed by atoms with Gasteiger partial charge in [-0.25, -0.2) is 0 Å². The van der Waals surface area contributed by atoms with Crippen molar-refractivity contribution in [2.45, 2.75) is 19.4 Å². The summed E-state index contributed by atoms with van der Waals surface area (Å²) in [5, 5.41) is 3.27. The summed E-state index contributed by atoms with van der Waals surface area (Å²) in [4.78, 5) is 0. The normalized spacial score (nSPS) is 26.7. The average Bonchev–Trinajstić information content (AvgIpc) is 2.07. The van der Waals surface area contributed by atoms with E-state index in [-0.39, 0.29) is 5.60 Å². The van der Waals surface area contributed by atoms with Gasteiger partial charge in [0.25, 0.3) is 0 Å². The first kappa shape index (κ1) is 8.97. The summed E-state index contributed by atoms with van der Waals surface area (Å²) in [6.45, 7) is 8.35. The van der Waals surface area contributed by atoms with Gasteiger partial charge in [0, 0.05) is 13.1 Å². The molecule has 2 saturated heterocycles. The van der Waals surface area contributed by atoms with Crippen molar-refractivity contribution in [2.75, 3.05) is 32.9 Å². The molecule has 1 N–H and O–H groups in total. The Morgan fingerprint density at radius 2 is 2.00 bits per heavy atom.